The van der Waals surface area contributed by atoms with Crippen LogP contribution in [0.4, 0.5) is 9.18 Å². The maximum absolute atomic E-state index is 13.6. The van der Waals surface area contributed by atoms with Crippen LogP contribution < -0.4 is 11.1 Å². The largest absolute Gasteiger partial charge is 0.444 e. The van der Waals surface area contributed by atoms with Gasteiger partial charge in [-0.05, 0) is 38.5 Å². The zero-order valence-electron chi connectivity index (χ0n) is 14.9. The van der Waals surface area contributed by atoms with Gasteiger partial charge in [0, 0.05) is 18.2 Å². The minimum absolute atomic E-state index is 0.0960. The molecule has 1 fully saturated rings. The van der Waals surface area contributed by atoms with Crippen molar-refractivity contribution in [3.63, 3.8) is 0 Å². The van der Waals surface area contributed by atoms with Crippen LogP contribution in [0.5, 0.6) is 0 Å². The molecule has 1 aliphatic rings. The summed E-state index contributed by atoms with van der Waals surface area (Å²) >= 11 is 0. The van der Waals surface area contributed by atoms with Crippen LogP contribution in [0, 0.1) is 5.82 Å². The Labute approximate surface area is 147 Å². The molecular formula is C17H25FN2O4S. The van der Waals surface area contributed by atoms with Crippen LogP contribution in [0.25, 0.3) is 0 Å². The monoisotopic (exact) mass is 372 g/mol. The molecule has 0 radical (unpaired) electrons. The van der Waals surface area contributed by atoms with Gasteiger partial charge in [-0.15, -0.1) is 0 Å². The summed E-state index contributed by atoms with van der Waals surface area (Å²) in [4.78, 5) is 12.2. The summed E-state index contributed by atoms with van der Waals surface area (Å²) in [7, 11) is -3.52. The molecule has 0 aromatic heterocycles. The second-order valence-corrected chi connectivity index (χ2v) is 9.69. The Morgan fingerprint density at radius 3 is 2.52 bits per heavy atom. The van der Waals surface area contributed by atoms with E-state index >= 15 is 0 Å². The highest BCUT2D eigenvalue weighted by atomic mass is 32.2. The van der Waals surface area contributed by atoms with Crippen molar-refractivity contribution in [3.05, 3.63) is 35.6 Å². The Bertz CT molecular complexity index is 760. The molecule has 3 N–H and O–H groups in total. The number of halogens is 1. The lowest BCUT2D eigenvalue weighted by atomic mass is 10.1. The Kier molecular flexibility index (Phi) is 5.16. The number of amides is 1. The quantitative estimate of drug-likeness (QED) is 0.823. The highest BCUT2D eigenvalue weighted by Crippen LogP contribution is 2.55. The number of alkyl carbamates (subject to hydrolysis) is 1. The van der Waals surface area contributed by atoms with Gasteiger partial charge in [0.25, 0.3) is 0 Å². The van der Waals surface area contributed by atoms with E-state index in [1.165, 1.54) is 25.1 Å². The normalized spacial score (nSPS) is 26.2. The number of carbonyl (C=O) groups excluding carboxylic acids is 1. The third-order valence-electron chi connectivity index (χ3n) is 4.32. The lowest BCUT2D eigenvalue weighted by molar-refractivity contribution is 0.0497. The molecule has 0 spiro atoms. The molecule has 1 saturated carbocycles. The molecule has 6 nitrogen and oxygen atoms in total. The van der Waals surface area contributed by atoms with Gasteiger partial charge in [0.15, 0.2) is 9.84 Å². The van der Waals surface area contributed by atoms with Gasteiger partial charge in [-0.2, -0.15) is 0 Å². The van der Waals surface area contributed by atoms with Gasteiger partial charge in [0.2, 0.25) is 0 Å². The van der Waals surface area contributed by atoms with Crippen molar-refractivity contribution < 1.29 is 22.3 Å². The smallest absolute Gasteiger partial charge is 0.408 e. The molecule has 1 amide bonds. The van der Waals surface area contributed by atoms with Gasteiger partial charge in [-0.1, -0.05) is 19.1 Å². The fraction of sp³-hybridized carbons (Fsp3) is 0.588. The molecule has 2 rings (SSSR count). The fourth-order valence-electron chi connectivity index (χ4n) is 3.22. The lowest BCUT2D eigenvalue weighted by Gasteiger charge is -2.24. The Morgan fingerprint density at radius 1 is 1.40 bits per heavy atom. The number of sulfone groups is 1. The van der Waals surface area contributed by atoms with Crippen LogP contribution in [-0.4, -0.2) is 43.2 Å². The molecule has 0 bridgehead atoms. The van der Waals surface area contributed by atoms with Crippen LogP contribution in [0.3, 0.4) is 0 Å². The Morgan fingerprint density at radius 2 is 2.04 bits per heavy atom. The van der Waals surface area contributed by atoms with E-state index < -0.39 is 44.1 Å². The van der Waals surface area contributed by atoms with E-state index in [1.54, 1.807) is 26.8 Å². The Hall–Kier alpha value is -1.67. The number of carbonyl (C=O) groups is 1. The third-order valence-corrected chi connectivity index (χ3v) is 6.60. The van der Waals surface area contributed by atoms with Crippen molar-refractivity contribution in [2.75, 3.05) is 12.3 Å². The highest BCUT2D eigenvalue weighted by Gasteiger charge is 2.71. The fourth-order valence-corrected chi connectivity index (χ4v) is 5.26. The second-order valence-electron chi connectivity index (χ2n) is 7.28. The van der Waals surface area contributed by atoms with Gasteiger partial charge >= 0.3 is 6.09 Å². The number of nitrogens with one attached hydrogen (secondary N) is 1. The molecule has 1 aromatic rings. The average Bonchev–Trinajstić information content (AvgIpc) is 3.15. The zero-order chi connectivity index (χ0) is 19.0. The minimum atomic E-state index is -3.52. The SMILES string of the molecule is CCS(=O)(=O)C1C(c2cccc(F)c2)C1(CN)NC(=O)OC(C)(C)C. The number of hydrogen-bond acceptors (Lipinski definition) is 5. The molecule has 3 unspecified atom stereocenters. The summed E-state index contributed by atoms with van der Waals surface area (Å²) in [5.74, 6) is -1.19. The van der Waals surface area contributed by atoms with E-state index in [0.29, 0.717) is 5.56 Å². The third kappa shape index (κ3) is 3.95. The van der Waals surface area contributed by atoms with Crippen molar-refractivity contribution in [3.8, 4) is 0 Å². The highest BCUT2D eigenvalue weighted by molar-refractivity contribution is 7.92. The van der Waals surface area contributed by atoms with E-state index in [4.69, 9.17) is 10.5 Å². The summed E-state index contributed by atoms with van der Waals surface area (Å²) in [6.45, 7) is 6.55. The minimum Gasteiger partial charge on any atom is -0.444 e. The predicted octanol–water partition coefficient (Wildman–Crippen LogP) is 1.95. The van der Waals surface area contributed by atoms with Gasteiger partial charge in [-0.25, -0.2) is 17.6 Å². The van der Waals surface area contributed by atoms with Crippen LogP contribution in [0.15, 0.2) is 24.3 Å². The first-order valence-electron chi connectivity index (χ1n) is 8.15. The molecule has 0 heterocycles. The molecule has 1 aliphatic carbocycles. The molecule has 8 heteroatoms. The Balaban J connectivity index is 2.40. The number of benzene rings is 1. The zero-order valence-corrected chi connectivity index (χ0v) is 15.7. The molecular weight excluding hydrogens is 347 g/mol. The van der Waals surface area contributed by atoms with Crippen LogP contribution >= 0.6 is 0 Å². The van der Waals surface area contributed by atoms with E-state index in [9.17, 15) is 17.6 Å². The standard InChI is InChI=1S/C17H25FN2O4S/c1-5-25(22,23)14-13(11-7-6-8-12(18)9-11)17(14,10-19)20-15(21)24-16(2,3)4/h6-9,13-14H,5,10,19H2,1-4H3,(H,20,21). The number of rotatable bonds is 5. The van der Waals surface area contributed by atoms with Crippen molar-refractivity contribution in [1.82, 2.24) is 5.32 Å². The van der Waals surface area contributed by atoms with Gasteiger partial charge < -0.3 is 15.8 Å². The first kappa shape index (κ1) is 19.7. The number of hydrogen-bond donors (Lipinski definition) is 2. The average molecular weight is 372 g/mol. The first-order valence-corrected chi connectivity index (χ1v) is 9.86. The van der Waals surface area contributed by atoms with Crippen molar-refractivity contribution >= 4 is 15.9 Å². The summed E-state index contributed by atoms with van der Waals surface area (Å²) in [6, 6.07) is 5.70. The van der Waals surface area contributed by atoms with E-state index in [0.717, 1.165) is 0 Å². The molecule has 25 heavy (non-hydrogen) atoms. The van der Waals surface area contributed by atoms with E-state index in [-0.39, 0.29) is 12.3 Å². The maximum Gasteiger partial charge on any atom is 0.408 e. The number of ether oxygens (including phenoxy) is 1. The molecule has 1 aromatic carbocycles. The van der Waals surface area contributed by atoms with Crippen LogP contribution in [0.2, 0.25) is 0 Å². The summed E-state index contributed by atoms with van der Waals surface area (Å²) in [5, 5.41) is 1.73. The molecule has 0 aliphatic heterocycles. The van der Waals surface area contributed by atoms with Crippen molar-refractivity contribution in [1.29, 1.82) is 0 Å². The first-order chi connectivity index (χ1) is 11.5. The van der Waals surface area contributed by atoms with Gasteiger partial charge in [0.05, 0.1) is 10.8 Å². The predicted molar refractivity (Wildman–Crippen MR) is 93.5 cm³/mol. The number of nitrogens with two attached hydrogens (primary N) is 1. The van der Waals surface area contributed by atoms with E-state index in [2.05, 4.69) is 5.32 Å². The van der Waals surface area contributed by atoms with Crippen LogP contribution in [-0.2, 0) is 14.6 Å². The topological polar surface area (TPSA) is 98.5 Å². The second kappa shape index (κ2) is 6.57. The van der Waals surface area contributed by atoms with Crippen molar-refractivity contribution in [2.45, 2.75) is 50.0 Å². The molecule has 0 saturated heterocycles. The van der Waals surface area contributed by atoms with E-state index in [1.807, 2.05) is 0 Å². The lowest BCUT2D eigenvalue weighted by Crippen LogP contribution is -2.49. The van der Waals surface area contributed by atoms with Gasteiger partial charge in [0.1, 0.15) is 11.4 Å². The molecule has 3 atom stereocenters. The molecule has 140 valence electrons. The maximum atomic E-state index is 13.6. The summed E-state index contributed by atoms with van der Waals surface area (Å²) in [5.41, 5.74) is 4.41. The van der Waals surface area contributed by atoms with Crippen molar-refractivity contribution in [2.24, 2.45) is 5.73 Å². The van der Waals surface area contributed by atoms with Gasteiger partial charge in [-0.3, -0.25) is 0 Å². The summed E-state index contributed by atoms with van der Waals surface area (Å²) in [6.07, 6.45) is -0.742. The van der Waals surface area contributed by atoms with Crippen LogP contribution in [0.1, 0.15) is 39.2 Å². The summed E-state index contributed by atoms with van der Waals surface area (Å²) < 4.78 is 43.9.